The standard InChI is InChI=1S/C27H27N5O2S/c1-30-15-23(18-5-3-2-4-6-18)22-8-7-19(11-25(22)30)26(33)32-13-21(14-32)29-20-9-10-31(12-20)27(34)24-16-35-17-28-24/h2-8,11,15-17,20-21,29H,9-10,12-14H2,1H3. The topological polar surface area (TPSA) is 70.5 Å². The number of nitrogens with one attached hydrogen (secondary N) is 1. The number of hydrogen-bond acceptors (Lipinski definition) is 5. The molecule has 4 heterocycles. The van der Waals surface area contributed by atoms with Crippen LogP contribution >= 0.6 is 11.3 Å². The highest BCUT2D eigenvalue weighted by molar-refractivity contribution is 7.07. The molecule has 0 bridgehead atoms. The molecule has 6 rings (SSSR count). The number of fused-ring (bicyclic) bond motifs is 1. The summed E-state index contributed by atoms with van der Waals surface area (Å²) in [6.07, 6.45) is 3.05. The third kappa shape index (κ3) is 4.13. The lowest BCUT2D eigenvalue weighted by molar-refractivity contribution is 0.0553. The van der Waals surface area contributed by atoms with Crippen molar-refractivity contribution in [1.82, 2.24) is 24.7 Å². The van der Waals surface area contributed by atoms with E-state index in [0.717, 1.165) is 29.4 Å². The van der Waals surface area contributed by atoms with Gasteiger partial charge in [0, 0.05) is 78.9 Å². The monoisotopic (exact) mass is 485 g/mol. The van der Waals surface area contributed by atoms with E-state index in [1.54, 1.807) is 10.9 Å². The molecule has 4 aromatic rings. The van der Waals surface area contributed by atoms with Crippen LogP contribution in [0.5, 0.6) is 0 Å². The van der Waals surface area contributed by atoms with Crippen molar-refractivity contribution in [2.24, 2.45) is 7.05 Å². The van der Waals surface area contributed by atoms with Gasteiger partial charge in [0.15, 0.2) is 0 Å². The number of nitrogens with zero attached hydrogens (tertiary/aromatic N) is 4. The predicted molar refractivity (Wildman–Crippen MR) is 138 cm³/mol. The van der Waals surface area contributed by atoms with Crippen LogP contribution in [0, 0.1) is 0 Å². The van der Waals surface area contributed by atoms with Crippen LogP contribution in [0.2, 0.25) is 0 Å². The van der Waals surface area contributed by atoms with E-state index in [4.69, 9.17) is 0 Å². The SMILES string of the molecule is Cn1cc(-c2ccccc2)c2ccc(C(=O)N3CC(NC4CCN(C(=O)c5cscn5)C4)C3)cc21. The molecule has 1 atom stereocenters. The summed E-state index contributed by atoms with van der Waals surface area (Å²) in [5, 5.41) is 6.58. The lowest BCUT2D eigenvalue weighted by Crippen LogP contribution is -2.62. The second kappa shape index (κ2) is 8.94. The number of rotatable bonds is 5. The van der Waals surface area contributed by atoms with Gasteiger partial charge in [0.25, 0.3) is 11.8 Å². The van der Waals surface area contributed by atoms with Crippen molar-refractivity contribution in [1.29, 1.82) is 0 Å². The van der Waals surface area contributed by atoms with Crippen molar-refractivity contribution in [3.63, 3.8) is 0 Å². The Balaban J connectivity index is 1.07. The summed E-state index contributed by atoms with van der Waals surface area (Å²) in [4.78, 5) is 33.6. The molecule has 2 aliphatic heterocycles. The van der Waals surface area contributed by atoms with E-state index in [1.165, 1.54) is 22.5 Å². The molecule has 0 aliphatic carbocycles. The average Bonchev–Trinajstić information content (AvgIpc) is 3.62. The Labute approximate surface area is 208 Å². The van der Waals surface area contributed by atoms with Crippen molar-refractivity contribution in [3.05, 3.63) is 76.9 Å². The molecule has 0 saturated carbocycles. The van der Waals surface area contributed by atoms with E-state index in [2.05, 4.69) is 39.3 Å². The molecule has 2 aliphatic rings. The Morgan fingerprint density at radius 1 is 1.00 bits per heavy atom. The van der Waals surface area contributed by atoms with Gasteiger partial charge in [-0.1, -0.05) is 36.4 Å². The first-order valence-electron chi connectivity index (χ1n) is 11.9. The summed E-state index contributed by atoms with van der Waals surface area (Å²) >= 11 is 1.44. The van der Waals surface area contributed by atoms with Crippen LogP contribution in [0.25, 0.3) is 22.0 Å². The minimum atomic E-state index is 0.00690. The summed E-state index contributed by atoms with van der Waals surface area (Å²) in [7, 11) is 2.02. The maximum Gasteiger partial charge on any atom is 0.273 e. The zero-order valence-electron chi connectivity index (χ0n) is 19.6. The van der Waals surface area contributed by atoms with Crippen LogP contribution in [-0.4, -0.2) is 69.4 Å². The summed E-state index contributed by atoms with van der Waals surface area (Å²) < 4.78 is 2.09. The van der Waals surface area contributed by atoms with Crippen molar-refractivity contribution >= 4 is 34.1 Å². The van der Waals surface area contributed by atoms with Crippen molar-refractivity contribution in [2.45, 2.75) is 18.5 Å². The fraction of sp³-hybridized carbons (Fsp3) is 0.296. The summed E-state index contributed by atoms with van der Waals surface area (Å²) in [6.45, 7) is 2.81. The molecule has 0 radical (unpaired) electrons. The van der Waals surface area contributed by atoms with Gasteiger partial charge < -0.3 is 19.7 Å². The molecule has 1 N–H and O–H groups in total. The Morgan fingerprint density at radius 3 is 2.57 bits per heavy atom. The zero-order valence-corrected chi connectivity index (χ0v) is 20.4. The third-order valence-corrected chi connectivity index (χ3v) is 7.68. The van der Waals surface area contributed by atoms with E-state index in [9.17, 15) is 9.59 Å². The van der Waals surface area contributed by atoms with Crippen molar-refractivity contribution in [3.8, 4) is 11.1 Å². The minimum Gasteiger partial charge on any atom is -0.350 e. The molecule has 2 amide bonds. The van der Waals surface area contributed by atoms with Gasteiger partial charge in [-0.15, -0.1) is 11.3 Å². The molecule has 178 valence electrons. The smallest absolute Gasteiger partial charge is 0.273 e. The molecule has 7 nitrogen and oxygen atoms in total. The first-order valence-corrected chi connectivity index (χ1v) is 12.9. The number of benzene rings is 2. The van der Waals surface area contributed by atoms with E-state index in [1.807, 2.05) is 47.2 Å². The number of carbonyl (C=O) groups is 2. The molecule has 2 aromatic heterocycles. The highest BCUT2D eigenvalue weighted by atomic mass is 32.1. The quantitative estimate of drug-likeness (QED) is 0.469. The van der Waals surface area contributed by atoms with Crippen LogP contribution in [0.1, 0.15) is 27.3 Å². The summed E-state index contributed by atoms with van der Waals surface area (Å²) in [6, 6.07) is 16.9. The highest BCUT2D eigenvalue weighted by Gasteiger charge is 2.35. The largest absolute Gasteiger partial charge is 0.350 e. The van der Waals surface area contributed by atoms with Gasteiger partial charge in [0.1, 0.15) is 5.69 Å². The van der Waals surface area contributed by atoms with Gasteiger partial charge in [-0.25, -0.2) is 4.98 Å². The molecule has 1 unspecified atom stereocenters. The van der Waals surface area contributed by atoms with Gasteiger partial charge in [-0.2, -0.15) is 0 Å². The zero-order chi connectivity index (χ0) is 23.9. The van der Waals surface area contributed by atoms with Crippen LogP contribution in [0.3, 0.4) is 0 Å². The molecule has 35 heavy (non-hydrogen) atoms. The minimum absolute atomic E-state index is 0.00690. The molecule has 0 spiro atoms. The van der Waals surface area contributed by atoms with E-state index < -0.39 is 0 Å². The average molecular weight is 486 g/mol. The summed E-state index contributed by atoms with van der Waals surface area (Å²) in [5.74, 6) is 0.0756. The lowest BCUT2D eigenvalue weighted by atomic mass is 10.0. The molecular weight excluding hydrogens is 458 g/mol. The maximum atomic E-state index is 13.1. The van der Waals surface area contributed by atoms with Gasteiger partial charge in [0.05, 0.1) is 5.51 Å². The van der Waals surface area contributed by atoms with E-state index in [-0.39, 0.29) is 23.9 Å². The van der Waals surface area contributed by atoms with Gasteiger partial charge in [-0.3, -0.25) is 9.59 Å². The van der Waals surface area contributed by atoms with Crippen molar-refractivity contribution in [2.75, 3.05) is 26.2 Å². The highest BCUT2D eigenvalue weighted by Crippen LogP contribution is 2.31. The second-order valence-corrected chi connectivity index (χ2v) is 10.2. The van der Waals surface area contributed by atoms with Crippen LogP contribution in [0.15, 0.2) is 65.6 Å². The number of carbonyl (C=O) groups excluding carboxylic acids is 2. The predicted octanol–water partition coefficient (Wildman–Crippen LogP) is 3.63. The number of thiazole rings is 1. The lowest BCUT2D eigenvalue weighted by Gasteiger charge is -2.41. The number of likely N-dealkylation sites (tertiary alicyclic amines) is 2. The van der Waals surface area contributed by atoms with E-state index in [0.29, 0.717) is 25.3 Å². The Morgan fingerprint density at radius 2 is 1.80 bits per heavy atom. The Hall–Kier alpha value is -3.49. The summed E-state index contributed by atoms with van der Waals surface area (Å²) in [5.41, 5.74) is 6.35. The molecule has 2 fully saturated rings. The van der Waals surface area contributed by atoms with Crippen molar-refractivity contribution < 1.29 is 9.59 Å². The van der Waals surface area contributed by atoms with Gasteiger partial charge in [0.2, 0.25) is 0 Å². The Bertz CT molecular complexity index is 1380. The van der Waals surface area contributed by atoms with Crippen LogP contribution < -0.4 is 5.32 Å². The van der Waals surface area contributed by atoms with E-state index >= 15 is 0 Å². The van der Waals surface area contributed by atoms with Crippen LogP contribution in [0.4, 0.5) is 0 Å². The van der Waals surface area contributed by atoms with Crippen LogP contribution in [-0.2, 0) is 7.05 Å². The number of aryl methyl sites for hydroxylation is 1. The third-order valence-electron chi connectivity index (χ3n) is 7.09. The van der Waals surface area contributed by atoms with Gasteiger partial charge in [-0.05, 0) is 24.1 Å². The number of amides is 2. The van der Waals surface area contributed by atoms with Gasteiger partial charge >= 0.3 is 0 Å². The number of aromatic nitrogens is 2. The molecule has 2 aromatic carbocycles. The molecule has 2 saturated heterocycles. The molecule has 8 heteroatoms. The normalized spacial score (nSPS) is 18.3. The maximum absolute atomic E-state index is 13.1. The second-order valence-electron chi connectivity index (χ2n) is 9.44. The first-order chi connectivity index (χ1) is 17.1. The first kappa shape index (κ1) is 22.0. The Kier molecular flexibility index (Phi) is 5.62. The fourth-order valence-electron chi connectivity index (χ4n) is 5.19. The fourth-order valence-corrected chi connectivity index (χ4v) is 5.72. The molecular formula is C27H27N5O2S. The number of hydrogen-bond donors (Lipinski definition) is 1.